The summed E-state index contributed by atoms with van der Waals surface area (Å²) in [6.45, 7) is 16.5. The van der Waals surface area contributed by atoms with Gasteiger partial charge in [0.2, 0.25) is 11.9 Å². The standard InChI is InChI=1S/C40H61N5O8/c1-38(2,3)51-35(47)41-28-18-16-14-12-10-11-13-15-17-19-33(46)42-29-20-24-31(25-21-29)50-32-26-22-30(23-27-32)43-34(44-36(48)52-39(4,5)6)45-37(49)53-40(7,8)9/h20-27H,10-19,28H2,1-9H3,(H,41,47)(H,42,46)(H2,43,44,45,48,49). The predicted molar refractivity (Wildman–Crippen MR) is 208 cm³/mol. The highest BCUT2D eigenvalue weighted by Crippen LogP contribution is 2.25. The summed E-state index contributed by atoms with van der Waals surface area (Å²) in [6, 6.07) is 13.8. The summed E-state index contributed by atoms with van der Waals surface area (Å²) in [6.07, 6.45) is 8.22. The lowest BCUT2D eigenvalue weighted by Crippen LogP contribution is -2.47. The number of carbonyl (C=O) groups excluding carboxylic acids is 4. The second-order valence-corrected chi connectivity index (χ2v) is 15.7. The molecular formula is C40H61N5O8. The van der Waals surface area contributed by atoms with Gasteiger partial charge in [-0.15, -0.1) is 0 Å². The summed E-state index contributed by atoms with van der Waals surface area (Å²) >= 11 is 0. The molecule has 0 aliphatic rings. The zero-order valence-electron chi connectivity index (χ0n) is 33.1. The quantitative estimate of drug-likeness (QED) is 0.0571. The molecule has 0 saturated carbocycles. The molecule has 0 fully saturated rings. The van der Waals surface area contributed by atoms with Crippen LogP contribution in [0, 0.1) is 0 Å². The maximum atomic E-state index is 12.5. The number of nitrogens with one attached hydrogen (secondary N) is 4. The van der Waals surface area contributed by atoms with E-state index in [2.05, 4.69) is 26.3 Å². The van der Waals surface area contributed by atoms with Crippen molar-refractivity contribution >= 4 is 41.5 Å². The minimum Gasteiger partial charge on any atom is -0.457 e. The van der Waals surface area contributed by atoms with E-state index in [0.717, 1.165) is 44.9 Å². The summed E-state index contributed by atoms with van der Waals surface area (Å²) < 4.78 is 21.8. The number of hydrogen-bond donors (Lipinski definition) is 4. The van der Waals surface area contributed by atoms with Crippen LogP contribution in [0.1, 0.15) is 127 Å². The summed E-state index contributed by atoms with van der Waals surface area (Å²) in [7, 11) is 0. The Morgan fingerprint density at radius 1 is 0.547 bits per heavy atom. The van der Waals surface area contributed by atoms with Crippen molar-refractivity contribution < 1.29 is 38.1 Å². The van der Waals surface area contributed by atoms with Crippen LogP contribution < -0.4 is 26.0 Å². The summed E-state index contributed by atoms with van der Waals surface area (Å²) in [4.78, 5) is 53.2. The summed E-state index contributed by atoms with van der Waals surface area (Å²) in [5, 5.41) is 10.6. The second kappa shape index (κ2) is 21.7. The Morgan fingerprint density at radius 3 is 1.43 bits per heavy atom. The first-order valence-corrected chi connectivity index (χ1v) is 18.5. The van der Waals surface area contributed by atoms with Crippen molar-refractivity contribution in [2.24, 2.45) is 4.99 Å². The molecule has 2 rings (SSSR count). The molecule has 0 aliphatic heterocycles. The molecule has 0 atom stereocenters. The van der Waals surface area contributed by atoms with Crippen LogP contribution in [0.4, 0.5) is 25.8 Å². The average Bonchev–Trinajstić information content (AvgIpc) is 3.00. The molecule has 0 bridgehead atoms. The minimum absolute atomic E-state index is 0.0171. The number of ether oxygens (including phenoxy) is 4. The monoisotopic (exact) mass is 739 g/mol. The van der Waals surface area contributed by atoms with E-state index in [1.54, 1.807) is 90.1 Å². The van der Waals surface area contributed by atoms with E-state index in [1.165, 1.54) is 12.8 Å². The number of guanidine groups is 1. The van der Waals surface area contributed by atoms with Crippen LogP contribution in [0.5, 0.6) is 11.5 Å². The van der Waals surface area contributed by atoms with Gasteiger partial charge in [-0.2, -0.15) is 0 Å². The van der Waals surface area contributed by atoms with Gasteiger partial charge in [-0.1, -0.05) is 44.9 Å². The van der Waals surface area contributed by atoms with Crippen molar-refractivity contribution in [2.75, 3.05) is 11.9 Å². The highest BCUT2D eigenvalue weighted by atomic mass is 16.6. The maximum absolute atomic E-state index is 12.5. The highest BCUT2D eigenvalue weighted by molar-refractivity contribution is 6.02. The van der Waals surface area contributed by atoms with Crippen LogP contribution in [0.25, 0.3) is 0 Å². The summed E-state index contributed by atoms with van der Waals surface area (Å²) in [5.41, 5.74) is -0.858. The van der Waals surface area contributed by atoms with Crippen molar-refractivity contribution in [1.29, 1.82) is 0 Å². The first-order chi connectivity index (χ1) is 24.8. The molecule has 0 radical (unpaired) electrons. The lowest BCUT2D eigenvalue weighted by Gasteiger charge is -2.22. The minimum atomic E-state index is -0.787. The predicted octanol–water partition coefficient (Wildman–Crippen LogP) is 9.88. The fraction of sp³-hybridized carbons (Fsp3) is 0.575. The Morgan fingerprint density at radius 2 is 0.962 bits per heavy atom. The van der Waals surface area contributed by atoms with Crippen molar-refractivity contribution in [1.82, 2.24) is 16.0 Å². The van der Waals surface area contributed by atoms with Gasteiger partial charge in [0.05, 0.1) is 5.69 Å². The highest BCUT2D eigenvalue weighted by Gasteiger charge is 2.21. The number of unbranched alkanes of at least 4 members (excludes halogenated alkanes) is 8. The van der Waals surface area contributed by atoms with Gasteiger partial charge in [-0.05, 0) is 124 Å². The molecule has 0 aliphatic carbocycles. The van der Waals surface area contributed by atoms with Crippen molar-refractivity contribution in [2.45, 2.75) is 143 Å². The Balaban J connectivity index is 1.71. The molecule has 0 unspecified atom stereocenters. The topological polar surface area (TPSA) is 166 Å². The van der Waals surface area contributed by atoms with E-state index in [0.29, 0.717) is 35.8 Å². The van der Waals surface area contributed by atoms with Gasteiger partial charge in [-0.25, -0.2) is 19.4 Å². The lowest BCUT2D eigenvalue weighted by molar-refractivity contribution is -0.116. The van der Waals surface area contributed by atoms with Crippen molar-refractivity contribution in [3.05, 3.63) is 48.5 Å². The Hall–Kier alpha value is -4.81. The first-order valence-electron chi connectivity index (χ1n) is 18.5. The SMILES string of the molecule is CC(C)(C)OC(=O)NCCCCCCCCCCCC(=O)Nc1ccc(Oc2ccc(N=C(NC(=O)OC(C)(C)C)NC(=O)OC(C)(C)C)cc2)cc1. The molecule has 13 nitrogen and oxygen atoms in total. The molecule has 0 aromatic heterocycles. The molecule has 4 N–H and O–H groups in total. The van der Waals surface area contributed by atoms with E-state index in [1.807, 2.05) is 20.8 Å². The summed E-state index contributed by atoms with van der Waals surface area (Å²) in [5.74, 6) is 0.938. The molecule has 0 saturated heterocycles. The molecule has 53 heavy (non-hydrogen) atoms. The molecule has 4 amide bonds. The number of rotatable bonds is 16. The van der Waals surface area contributed by atoms with Gasteiger partial charge in [-0.3, -0.25) is 15.4 Å². The van der Waals surface area contributed by atoms with Crippen LogP contribution in [0.15, 0.2) is 53.5 Å². The normalized spacial score (nSPS) is 11.5. The lowest BCUT2D eigenvalue weighted by atomic mass is 10.1. The van der Waals surface area contributed by atoms with E-state index in [9.17, 15) is 19.2 Å². The third-order valence-electron chi connectivity index (χ3n) is 6.94. The van der Waals surface area contributed by atoms with Crippen LogP contribution in [-0.4, -0.2) is 53.5 Å². The number of aliphatic imine (C=N–C) groups is 1. The number of alkyl carbamates (subject to hydrolysis) is 3. The van der Waals surface area contributed by atoms with Gasteiger partial charge in [0, 0.05) is 18.7 Å². The average molecular weight is 740 g/mol. The largest absolute Gasteiger partial charge is 0.457 e. The fourth-order valence-electron chi connectivity index (χ4n) is 4.72. The van der Waals surface area contributed by atoms with E-state index in [4.69, 9.17) is 18.9 Å². The number of carbonyl (C=O) groups is 4. The number of benzene rings is 2. The second-order valence-electron chi connectivity index (χ2n) is 15.7. The molecule has 2 aromatic rings. The molecule has 0 spiro atoms. The van der Waals surface area contributed by atoms with Crippen LogP contribution in [-0.2, 0) is 19.0 Å². The van der Waals surface area contributed by atoms with Crippen LogP contribution >= 0.6 is 0 Å². The number of nitrogens with zero attached hydrogens (tertiary/aromatic N) is 1. The third kappa shape index (κ3) is 22.7. The molecule has 2 aromatic carbocycles. The molecule has 13 heteroatoms. The van der Waals surface area contributed by atoms with Gasteiger partial charge in [0.1, 0.15) is 28.3 Å². The molecular weight excluding hydrogens is 678 g/mol. The maximum Gasteiger partial charge on any atom is 0.414 e. The number of amides is 4. The zero-order chi connectivity index (χ0) is 39.5. The van der Waals surface area contributed by atoms with E-state index in [-0.39, 0.29) is 18.0 Å². The number of anilines is 1. The van der Waals surface area contributed by atoms with Crippen LogP contribution in [0.3, 0.4) is 0 Å². The van der Waals surface area contributed by atoms with E-state index < -0.39 is 29.0 Å². The van der Waals surface area contributed by atoms with Gasteiger partial charge in [0.25, 0.3) is 0 Å². The molecule has 294 valence electrons. The molecule has 0 heterocycles. The van der Waals surface area contributed by atoms with Gasteiger partial charge >= 0.3 is 18.3 Å². The number of hydrogen-bond acceptors (Lipinski definition) is 9. The fourth-order valence-corrected chi connectivity index (χ4v) is 4.72. The Labute approximate surface area is 315 Å². The zero-order valence-corrected chi connectivity index (χ0v) is 33.1. The van der Waals surface area contributed by atoms with Crippen molar-refractivity contribution in [3.63, 3.8) is 0 Å². The van der Waals surface area contributed by atoms with Crippen LogP contribution in [0.2, 0.25) is 0 Å². The smallest absolute Gasteiger partial charge is 0.414 e. The Kier molecular flexibility index (Phi) is 18.1. The van der Waals surface area contributed by atoms with Gasteiger partial charge < -0.3 is 29.6 Å². The third-order valence-corrected chi connectivity index (χ3v) is 6.94. The van der Waals surface area contributed by atoms with E-state index >= 15 is 0 Å². The van der Waals surface area contributed by atoms with Crippen molar-refractivity contribution in [3.8, 4) is 11.5 Å². The Bertz CT molecular complexity index is 1440. The first kappa shape index (κ1) is 44.4. The van der Waals surface area contributed by atoms with Gasteiger partial charge in [0.15, 0.2) is 0 Å².